The Balaban J connectivity index is 2.92. The van der Waals surface area contributed by atoms with E-state index in [1.54, 1.807) is 0 Å². The molecule has 15 heavy (non-hydrogen) atoms. The van der Waals surface area contributed by atoms with Gasteiger partial charge in [-0.25, -0.2) is 0 Å². The highest BCUT2D eigenvalue weighted by Gasteiger charge is 2.08. The van der Waals surface area contributed by atoms with Crippen LogP contribution >= 0.6 is 0 Å². The van der Waals surface area contributed by atoms with Crippen molar-refractivity contribution in [2.75, 3.05) is 6.61 Å². The highest BCUT2D eigenvalue weighted by Crippen LogP contribution is 2.15. The summed E-state index contributed by atoms with van der Waals surface area (Å²) in [5.41, 5.74) is 3.79. The summed E-state index contributed by atoms with van der Waals surface area (Å²) in [5.74, 6) is 6.02. The van der Waals surface area contributed by atoms with Gasteiger partial charge in [0.05, 0.1) is 13.2 Å². The molecule has 2 heteroatoms. The van der Waals surface area contributed by atoms with Gasteiger partial charge in [0.2, 0.25) is 0 Å². The molecular weight excluding hydrogens is 186 g/mol. The molecule has 0 atom stereocenters. The van der Waals surface area contributed by atoms with E-state index >= 15 is 0 Å². The van der Waals surface area contributed by atoms with Gasteiger partial charge in [-0.1, -0.05) is 5.92 Å². The Morgan fingerprint density at radius 2 is 2.13 bits per heavy atom. The van der Waals surface area contributed by atoms with Crippen LogP contribution < -0.4 is 0 Å². The molecule has 82 valence electrons. The van der Waals surface area contributed by atoms with Crippen LogP contribution in [-0.4, -0.2) is 11.2 Å². The first-order chi connectivity index (χ1) is 7.20. The average molecular weight is 205 g/mol. The van der Waals surface area contributed by atoms with Crippen LogP contribution in [0.4, 0.5) is 0 Å². The van der Waals surface area contributed by atoms with Gasteiger partial charge >= 0.3 is 0 Å². The van der Waals surface area contributed by atoms with E-state index in [9.17, 15) is 0 Å². The summed E-state index contributed by atoms with van der Waals surface area (Å²) in [4.78, 5) is 0. The van der Waals surface area contributed by atoms with Gasteiger partial charge in [-0.2, -0.15) is 0 Å². The van der Waals surface area contributed by atoms with Gasteiger partial charge in [0.1, 0.15) is 0 Å². The molecular formula is C13H19NO. The molecule has 0 spiro atoms. The third kappa shape index (κ3) is 2.87. The fourth-order valence-electron chi connectivity index (χ4n) is 1.67. The summed E-state index contributed by atoms with van der Waals surface area (Å²) in [5, 5.41) is 0. The second kappa shape index (κ2) is 5.63. The molecule has 0 fully saturated rings. The molecule has 0 saturated carbocycles. The summed E-state index contributed by atoms with van der Waals surface area (Å²) >= 11 is 0. The van der Waals surface area contributed by atoms with Gasteiger partial charge in [-0.15, -0.1) is 5.92 Å². The minimum atomic E-state index is 0.682. The van der Waals surface area contributed by atoms with Crippen LogP contribution in [0.1, 0.15) is 30.8 Å². The number of hydrogen-bond donors (Lipinski definition) is 0. The molecule has 0 aliphatic heterocycles. The van der Waals surface area contributed by atoms with E-state index < -0.39 is 0 Å². The highest BCUT2D eigenvalue weighted by molar-refractivity contribution is 5.26. The van der Waals surface area contributed by atoms with Crippen LogP contribution in [0.3, 0.4) is 0 Å². The Kier molecular flexibility index (Phi) is 4.45. The molecule has 1 aromatic heterocycles. The van der Waals surface area contributed by atoms with Crippen LogP contribution in [0.5, 0.6) is 0 Å². The number of nitrogens with zero attached hydrogens (tertiary/aromatic N) is 1. The van der Waals surface area contributed by atoms with Crippen LogP contribution in [0, 0.1) is 25.7 Å². The van der Waals surface area contributed by atoms with Gasteiger partial charge < -0.3 is 9.30 Å². The topological polar surface area (TPSA) is 14.2 Å². The second-order valence-corrected chi connectivity index (χ2v) is 3.57. The number of rotatable bonds is 4. The first kappa shape index (κ1) is 11.9. The maximum atomic E-state index is 5.47. The zero-order chi connectivity index (χ0) is 11.3. The van der Waals surface area contributed by atoms with Crippen LogP contribution in [0.15, 0.2) is 6.07 Å². The SMILES string of the molecule is CC#CCn1c(C)cc(C)c1COCC. The van der Waals surface area contributed by atoms with Crippen LogP contribution in [-0.2, 0) is 17.9 Å². The Labute approximate surface area is 92.2 Å². The average Bonchev–Trinajstić information content (AvgIpc) is 2.47. The van der Waals surface area contributed by atoms with Crippen molar-refractivity contribution in [1.82, 2.24) is 4.57 Å². The first-order valence-electron chi connectivity index (χ1n) is 5.33. The van der Waals surface area contributed by atoms with Crippen LogP contribution in [0.2, 0.25) is 0 Å². The number of hydrogen-bond acceptors (Lipinski definition) is 1. The largest absolute Gasteiger partial charge is 0.376 e. The molecule has 2 nitrogen and oxygen atoms in total. The molecule has 0 saturated heterocycles. The van der Waals surface area contributed by atoms with E-state index in [0.717, 1.165) is 13.2 Å². The lowest BCUT2D eigenvalue weighted by atomic mass is 10.3. The summed E-state index contributed by atoms with van der Waals surface area (Å²) in [6, 6.07) is 2.19. The number of aromatic nitrogens is 1. The van der Waals surface area contributed by atoms with E-state index in [1.807, 2.05) is 13.8 Å². The van der Waals surface area contributed by atoms with Crippen LogP contribution in [0.25, 0.3) is 0 Å². The van der Waals surface area contributed by atoms with E-state index in [1.165, 1.54) is 17.0 Å². The van der Waals surface area contributed by atoms with Crippen molar-refractivity contribution in [2.45, 2.75) is 40.8 Å². The minimum absolute atomic E-state index is 0.682. The van der Waals surface area contributed by atoms with Gasteiger partial charge in [0.15, 0.2) is 0 Å². The highest BCUT2D eigenvalue weighted by atomic mass is 16.5. The molecule has 1 aromatic rings. The zero-order valence-electron chi connectivity index (χ0n) is 10.1. The Bertz CT molecular complexity index is 379. The van der Waals surface area contributed by atoms with Crippen molar-refractivity contribution in [3.8, 4) is 11.8 Å². The molecule has 1 heterocycles. The van der Waals surface area contributed by atoms with Gasteiger partial charge in [0, 0.05) is 18.0 Å². The summed E-state index contributed by atoms with van der Waals surface area (Å²) < 4.78 is 7.69. The third-order valence-electron chi connectivity index (χ3n) is 2.49. The lowest BCUT2D eigenvalue weighted by molar-refractivity contribution is 0.128. The Morgan fingerprint density at radius 3 is 2.73 bits per heavy atom. The molecule has 0 radical (unpaired) electrons. The quantitative estimate of drug-likeness (QED) is 0.689. The summed E-state index contributed by atoms with van der Waals surface area (Å²) in [7, 11) is 0. The normalized spacial score (nSPS) is 9.87. The maximum Gasteiger partial charge on any atom is 0.0870 e. The molecule has 0 unspecified atom stereocenters. The number of ether oxygens (including phenoxy) is 1. The van der Waals surface area contributed by atoms with Crippen molar-refractivity contribution in [3.63, 3.8) is 0 Å². The van der Waals surface area contributed by atoms with E-state index in [4.69, 9.17) is 4.74 Å². The minimum Gasteiger partial charge on any atom is -0.376 e. The van der Waals surface area contributed by atoms with Gasteiger partial charge in [0.25, 0.3) is 0 Å². The predicted molar refractivity (Wildman–Crippen MR) is 62.7 cm³/mol. The van der Waals surface area contributed by atoms with Crippen molar-refractivity contribution in [1.29, 1.82) is 0 Å². The predicted octanol–water partition coefficient (Wildman–Crippen LogP) is 2.66. The molecule has 0 aliphatic rings. The van der Waals surface area contributed by atoms with Crippen molar-refractivity contribution >= 4 is 0 Å². The van der Waals surface area contributed by atoms with Crippen molar-refractivity contribution in [3.05, 3.63) is 23.0 Å². The maximum absolute atomic E-state index is 5.47. The smallest absolute Gasteiger partial charge is 0.0870 e. The number of aryl methyl sites for hydroxylation is 2. The molecule has 0 N–H and O–H groups in total. The standard InChI is InChI=1S/C13H19NO/c1-5-7-8-14-12(4)9-11(3)13(14)10-15-6-2/h9H,6,8,10H2,1-4H3. The fraction of sp³-hybridized carbons (Fsp3) is 0.538. The molecule has 0 aromatic carbocycles. The van der Waals surface area contributed by atoms with Crippen molar-refractivity contribution < 1.29 is 4.74 Å². The lowest BCUT2D eigenvalue weighted by Crippen LogP contribution is -2.06. The lowest BCUT2D eigenvalue weighted by Gasteiger charge is -2.09. The molecule has 0 amide bonds. The van der Waals surface area contributed by atoms with E-state index in [-0.39, 0.29) is 0 Å². The molecule has 0 aliphatic carbocycles. The van der Waals surface area contributed by atoms with Gasteiger partial charge in [-0.3, -0.25) is 0 Å². The Hall–Kier alpha value is -1.20. The Morgan fingerprint density at radius 1 is 1.40 bits per heavy atom. The van der Waals surface area contributed by atoms with Crippen molar-refractivity contribution in [2.24, 2.45) is 0 Å². The van der Waals surface area contributed by atoms with E-state index in [2.05, 4.69) is 36.3 Å². The van der Waals surface area contributed by atoms with E-state index in [0.29, 0.717) is 6.61 Å². The molecule has 0 bridgehead atoms. The second-order valence-electron chi connectivity index (χ2n) is 3.57. The third-order valence-corrected chi connectivity index (χ3v) is 2.49. The summed E-state index contributed by atoms with van der Waals surface area (Å²) in [6.07, 6.45) is 0. The summed E-state index contributed by atoms with van der Waals surface area (Å²) in [6.45, 7) is 10.3. The zero-order valence-corrected chi connectivity index (χ0v) is 10.1. The fourth-order valence-corrected chi connectivity index (χ4v) is 1.67. The van der Waals surface area contributed by atoms with Gasteiger partial charge in [-0.05, 0) is 39.3 Å². The monoisotopic (exact) mass is 205 g/mol. The first-order valence-corrected chi connectivity index (χ1v) is 5.33. The molecule has 1 rings (SSSR count).